The van der Waals surface area contributed by atoms with Crippen LogP contribution in [0.3, 0.4) is 0 Å². The van der Waals surface area contributed by atoms with Crippen molar-refractivity contribution >= 4 is 28.5 Å². The van der Waals surface area contributed by atoms with Gasteiger partial charge < -0.3 is 14.6 Å². The van der Waals surface area contributed by atoms with E-state index in [1.54, 1.807) is 18.5 Å². The molecule has 2 fully saturated rings. The number of hydrogen-bond acceptors (Lipinski definition) is 4. The molecule has 1 aromatic carbocycles. The van der Waals surface area contributed by atoms with Crippen molar-refractivity contribution in [3.8, 4) is 0 Å². The molecule has 0 radical (unpaired) electrons. The lowest BCUT2D eigenvalue weighted by Crippen LogP contribution is -2.31. The van der Waals surface area contributed by atoms with Gasteiger partial charge >= 0.3 is 0 Å². The summed E-state index contributed by atoms with van der Waals surface area (Å²) in [4.78, 5) is 30.7. The molecule has 0 unspecified atom stereocenters. The molecule has 3 aromatic rings. The number of carbonyl (C=O) groups excluding carboxylic acids is 2. The second-order valence-corrected chi connectivity index (χ2v) is 7.21. The minimum atomic E-state index is -0.228. The van der Waals surface area contributed by atoms with Gasteiger partial charge in [-0.1, -0.05) is 18.2 Å². The maximum absolute atomic E-state index is 12.6. The van der Waals surface area contributed by atoms with Gasteiger partial charge in [0.15, 0.2) is 11.3 Å². The Morgan fingerprint density at radius 1 is 1.26 bits per heavy atom. The average Bonchev–Trinajstić information content (AvgIpc) is 3.03. The third-order valence-corrected chi connectivity index (χ3v) is 5.65. The number of hydrogen-bond donors (Lipinski definition) is 1. The monoisotopic (exact) mass is 361 g/mol. The van der Waals surface area contributed by atoms with Gasteiger partial charge in [0.1, 0.15) is 0 Å². The molecule has 2 aromatic heterocycles. The summed E-state index contributed by atoms with van der Waals surface area (Å²) in [6.45, 7) is 1.33. The number of pyridine rings is 1. The molecule has 136 valence electrons. The van der Waals surface area contributed by atoms with Gasteiger partial charge in [0.05, 0.1) is 6.20 Å². The molecule has 3 heterocycles. The van der Waals surface area contributed by atoms with Crippen LogP contribution in [0.4, 0.5) is 5.69 Å². The maximum Gasteiger partial charge on any atom is 0.287 e. The smallest absolute Gasteiger partial charge is 0.287 e. The van der Waals surface area contributed by atoms with Crippen LogP contribution in [0.5, 0.6) is 0 Å². The van der Waals surface area contributed by atoms with Crippen molar-refractivity contribution in [3.63, 3.8) is 0 Å². The third kappa shape index (κ3) is 2.77. The highest BCUT2D eigenvalue weighted by molar-refractivity contribution is 6.00. The average molecular weight is 361 g/mol. The van der Waals surface area contributed by atoms with Crippen LogP contribution in [0.25, 0.3) is 11.0 Å². The highest BCUT2D eigenvalue weighted by Gasteiger charge is 2.60. The zero-order chi connectivity index (χ0) is 18.4. The fraction of sp³-hybridized carbons (Fsp3) is 0.286. The third-order valence-electron chi connectivity index (χ3n) is 5.65. The number of carbonyl (C=O) groups is 2. The van der Waals surface area contributed by atoms with Crippen LogP contribution in [-0.4, -0.2) is 29.9 Å². The quantitative estimate of drug-likeness (QED) is 0.758. The van der Waals surface area contributed by atoms with E-state index in [-0.39, 0.29) is 17.7 Å². The van der Waals surface area contributed by atoms with Gasteiger partial charge in [-0.3, -0.25) is 14.6 Å². The van der Waals surface area contributed by atoms with Crippen LogP contribution in [0, 0.1) is 17.8 Å². The fourth-order valence-corrected chi connectivity index (χ4v) is 4.21. The van der Waals surface area contributed by atoms with Crippen molar-refractivity contribution in [2.24, 2.45) is 17.8 Å². The van der Waals surface area contributed by atoms with Crippen LogP contribution in [0.2, 0.25) is 0 Å². The van der Waals surface area contributed by atoms with Crippen LogP contribution in [0.1, 0.15) is 17.0 Å². The zero-order valence-electron chi connectivity index (χ0n) is 14.7. The van der Waals surface area contributed by atoms with E-state index < -0.39 is 0 Å². The van der Waals surface area contributed by atoms with E-state index in [0.29, 0.717) is 29.7 Å². The molecule has 27 heavy (non-hydrogen) atoms. The van der Waals surface area contributed by atoms with Crippen molar-refractivity contribution in [2.75, 3.05) is 18.0 Å². The SMILES string of the molecule is O=C(NCC[C@H]1[C@@H]2CN(c3ccccc3)C(=O)[C@H]12)c1cc2ccncc2o1. The molecule has 1 saturated heterocycles. The molecule has 3 atom stereocenters. The predicted octanol–water partition coefficient (Wildman–Crippen LogP) is 2.86. The van der Waals surface area contributed by atoms with Gasteiger partial charge in [0.25, 0.3) is 5.91 Å². The summed E-state index contributed by atoms with van der Waals surface area (Å²) in [6, 6.07) is 13.3. The number of benzene rings is 1. The highest BCUT2D eigenvalue weighted by atomic mass is 16.3. The Morgan fingerprint density at radius 3 is 2.85 bits per heavy atom. The lowest BCUT2D eigenvalue weighted by molar-refractivity contribution is -0.119. The van der Waals surface area contributed by atoms with E-state index in [1.807, 2.05) is 41.3 Å². The Kier molecular flexibility index (Phi) is 3.70. The number of amides is 2. The number of furan rings is 1. The van der Waals surface area contributed by atoms with Crippen molar-refractivity contribution in [1.82, 2.24) is 10.3 Å². The Hall–Kier alpha value is -3.15. The number of aromatic nitrogens is 1. The molecule has 1 N–H and O–H groups in total. The summed E-state index contributed by atoms with van der Waals surface area (Å²) in [7, 11) is 0. The molecule has 0 bridgehead atoms. The first-order valence-corrected chi connectivity index (χ1v) is 9.20. The number of fused-ring (bicyclic) bond motifs is 2. The molecule has 5 rings (SSSR count). The van der Waals surface area contributed by atoms with Crippen LogP contribution in [0.15, 0.2) is 59.3 Å². The molecule has 6 nitrogen and oxygen atoms in total. The summed E-state index contributed by atoms with van der Waals surface area (Å²) in [5.74, 6) is 1.17. The Bertz CT molecular complexity index is 981. The molecule has 2 amide bonds. The normalized spacial score (nSPS) is 23.5. The largest absolute Gasteiger partial charge is 0.449 e. The summed E-state index contributed by atoms with van der Waals surface area (Å²) in [6.07, 6.45) is 4.08. The summed E-state index contributed by atoms with van der Waals surface area (Å²) < 4.78 is 5.52. The minimum absolute atomic E-state index is 0.111. The molecule has 1 aliphatic carbocycles. The predicted molar refractivity (Wildman–Crippen MR) is 100 cm³/mol. The van der Waals surface area contributed by atoms with Crippen molar-refractivity contribution < 1.29 is 14.0 Å². The van der Waals surface area contributed by atoms with Crippen molar-refractivity contribution in [2.45, 2.75) is 6.42 Å². The first kappa shape index (κ1) is 16.1. The van der Waals surface area contributed by atoms with Gasteiger partial charge in [0, 0.05) is 36.3 Å². The van der Waals surface area contributed by atoms with E-state index in [9.17, 15) is 9.59 Å². The van der Waals surface area contributed by atoms with E-state index in [2.05, 4.69) is 10.3 Å². The second-order valence-electron chi connectivity index (χ2n) is 7.21. The van der Waals surface area contributed by atoms with E-state index in [1.165, 1.54) is 0 Å². The number of piperidine rings is 1. The molecule has 1 saturated carbocycles. The lowest BCUT2D eigenvalue weighted by atomic mass is 10.1. The van der Waals surface area contributed by atoms with Crippen LogP contribution < -0.4 is 10.2 Å². The number of nitrogens with zero attached hydrogens (tertiary/aromatic N) is 2. The second kappa shape index (κ2) is 6.23. The zero-order valence-corrected chi connectivity index (χ0v) is 14.7. The van der Waals surface area contributed by atoms with E-state index >= 15 is 0 Å². The van der Waals surface area contributed by atoms with Crippen LogP contribution in [-0.2, 0) is 4.79 Å². The number of anilines is 1. The molecule has 1 aliphatic heterocycles. The fourth-order valence-electron chi connectivity index (χ4n) is 4.21. The number of rotatable bonds is 5. The van der Waals surface area contributed by atoms with Crippen molar-refractivity contribution in [3.05, 3.63) is 60.6 Å². The van der Waals surface area contributed by atoms with Gasteiger partial charge in [-0.05, 0) is 42.5 Å². The standard InChI is InChI=1S/C21H19N3O3/c25-20(17-10-13-6-8-22-11-18(13)27-17)23-9-7-15-16-12-24(21(26)19(15)16)14-4-2-1-3-5-14/h1-6,8,10-11,15-16,19H,7,9,12H2,(H,23,25)/t15-,16-,19+/m0/s1. The van der Waals surface area contributed by atoms with Gasteiger partial charge in [-0.2, -0.15) is 0 Å². The van der Waals surface area contributed by atoms with Crippen LogP contribution >= 0.6 is 0 Å². The lowest BCUT2D eigenvalue weighted by Gasteiger charge is -2.20. The highest BCUT2D eigenvalue weighted by Crippen LogP contribution is 2.54. The first-order valence-electron chi connectivity index (χ1n) is 9.20. The number of para-hydroxylation sites is 1. The van der Waals surface area contributed by atoms with Gasteiger partial charge in [-0.15, -0.1) is 0 Å². The minimum Gasteiger partial charge on any atom is -0.449 e. The van der Waals surface area contributed by atoms with E-state index in [0.717, 1.165) is 24.0 Å². The molecular formula is C21H19N3O3. The number of nitrogens with one attached hydrogen (secondary N) is 1. The Morgan fingerprint density at radius 2 is 2.11 bits per heavy atom. The summed E-state index contributed by atoms with van der Waals surface area (Å²) in [5, 5.41) is 3.76. The maximum atomic E-state index is 12.6. The van der Waals surface area contributed by atoms with E-state index in [4.69, 9.17) is 4.42 Å². The summed E-state index contributed by atoms with van der Waals surface area (Å²) in [5.41, 5.74) is 1.58. The molecule has 6 heteroatoms. The molecule has 2 aliphatic rings. The Labute approximate surface area is 156 Å². The molecule has 0 spiro atoms. The summed E-state index contributed by atoms with van der Waals surface area (Å²) >= 11 is 0. The van der Waals surface area contributed by atoms with Gasteiger partial charge in [0.2, 0.25) is 5.91 Å². The van der Waals surface area contributed by atoms with Crippen molar-refractivity contribution in [1.29, 1.82) is 0 Å². The Balaban J connectivity index is 1.14. The topological polar surface area (TPSA) is 75.4 Å². The van der Waals surface area contributed by atoms with Gasteiger partial charge in [-0.25, -0.2) is 0 Å². The molecular weight excluding hydrogens is 342 g/mol. The first-order chi connectivity index (χ1) is 13.2.